The molecule has 1 aliphatic heterocycles. The van der Waals surface area contributed by atoms with Gasteiger partial charge in [0, 0.05) is 31.7 Å². The van der Waals surface area contributed by atoms with Crippen LogP contribution in [0.1, 0.15) is 18.5 Å². The average Bonchev–Trinajstić information content (AvgIpc) is 3.08. The van der Waals surface area contributed by atoms with Crippen LogP contribution in [0.2, 0.25) is 0 Å². The molecule has 0 aliphatic carbocycles. The van der Waals surface area contributed by atoms with Gasteiger partial charge >= 0.3 is 0 Å². The molecule has 8 heteroatoms. The molecule has 1 aromatic heterocycles. The zero-order valence-electron chi connectivity index (χ0n) is 15.7. The number of nitrogens with one attached hydrogen (secondary N) is 2. The number of hydrogen-bond acceptors (Lipinski definition) is 6. The van der Waals surface area contributed by atoms with Crippen LogP contribution >= 0.6 is 0 Å². The summed E-state index contributed by atoms with van der Waals surface area (Å²) in [4.78, 5) is 13.9. The van der Waals surface area contributed by atoms with Gasteiger partial charge in [-0.25, -0.2) is 0 Å². The molecule has 1 aromatic carbocycles. The molecular formula is C19H28N4O4. The first-order valence-electron chi connectivity index (χ1n) is 9.46. The summed E-state index contributed by atoms with van der Waals surface area (Å²) in [5, 5.41) is 21.4. The summed E-state index contributed by atoms with van der Waals surface area (Å²) >= 11 is 0. The van der Waals surface area contributed by atoms with Gasteiger partial charge in [-0.3, -0.25) is 9.89 Å². The Balaban J connectivity index is 1.32. The van der Waals surface area contributed by atoms with E-state index < -0.39 is 6.10 Å². The molecule has 3 N–H and O–H groups in total. The monoisotopic (exact) mass is 376 g/mol. The zero-order valence-corrected chi connectivity index (χ0v) is 15.7. The van der Waals surface area contributed by atoms with Gasteiger partial charge in [0.25, 0.3) is 0 Å². The number of amides is 1. The van der Waals surface area contributed by atoms with Crippen LogP contribution in [0.4, 0.5) is 0 Å². The number of rotatable bonds is 9. The number of morpholine rings is 1. The van der Waals surface area contributed by atoms with Crippen molar-refractivity contribution in [2.45, 2.75) is 25.9 Å². The lowest BCUT2D eigenvalue weighted by Gasteiger charge is -2.26. The number of hydrogen-bond donors (Lipinski definition) is 3. The van der Waals surface area contributed by atoms with Crippen molar-refractivity contribution >= 4 is 16.8 Å². The molecule has 0 unspecified atom stereocenters. The van der Waals surface area contributed by atoms with E-state index in [4.69, 9.17) is 9.47 Å². The second kappa shape index (κ2) is 9.68. The highest BCUT2D eigenvalue weighted by Gasteiger charge is 2.16. The number of nitrogens with zero attached hydrogens (tertiary/aromatic N) is 2. The van der Waals surface area contributed by atoms with Crippen LogP contribution in [0.15, 0.2) is 18.2 Å². The Morgan fingerprint density at radius 2 is 2.26 bits per heavy atom. The minimum Gasteiger partial charge on any atom is -0.490 e. The van der Waals surface area contributed by atoms with Crippen LogP contribution < -0.4 is 10.1 Å². The van der Waals surface area contributed by atoms with Crippen molar-refractivity contribution in [3.8, 4) is 5.75 Å². The van der Waals surface area contributed by atoms with Gasteiger partial charge in [-0.15, -0.1) is 0 Å². The van der Waals surface area contributed by atoms with Gasteiger partial charge in [-0.2, -0.15) is 5.10 Å². The van der Waals surface area contributed by atoms with Gasteiger partial charge in [0.15, 0.2) is 0 Å². The third-order valence-corrected chi connectivity index (χ3v) is 4.64. The first-order chi connectivity index (χ1) is 13.1. The van der Waals surface area contributed by atoms with Crippen molar-refractivity contribution in [3.05, 3.63) is 23.9 Å². The number of aliphatic hydroxyl groups is 1. The maximum Gasteiger partial charge on any atom is 0.222 e. The predicted octanol–water partition coefficient (Wildman–Crippen LogP) is 0.840. The van der Waals surface area contributed by atoms with E-state index in [9.17, 15) is 9.90 Å². The second-order valence-electron chi connectivity index (χ2n) is 6.76. The SMILES string of the molecule is Cc1[nH]nc2cccc(OC[C@@H](O)CNCCCC(=O)N3CCOCC3)c12. The highest BCUT2D eigenvalue weighted by atomic mass is 16.5. The van der Waals surface area contributed by atoms with E-state index in [0.29, 0.717) is 51.6 Å². The van der Waals surface area contributed by atoms with Crippen LogP contribution in [-0.4, -0.2) is 78.2 Å². The summed E-state index contributed by atoms with van der Waals surface area (Å²) in [6.45, 7) is 5.87. The predicted molar refractivity (Wildman–Crippen MR) is 102 cm³/mol. The number of aryl methyl sites for hydroxylation is 1. The summed E-state index contributed by atoms with van der Waals surface area (Å²) in [5.74, 6) is 0.890. The van der Waals surface area contributed by atoms with Crippen LogP contribution in [0, 0.1) is 6.92 Å². The smallest absolute Gasteiger partial charge is 0.222 e. The van der Waals surface area contributed by atoms with E-state index in [2.05, 4.69) is 15.5 Å². The van der Waals surface area contributed by atoms with E-state index in [1.807, 2.05) is 30.0 Å². The number of carbonyl (C=O) groups excluding carboxylic acids is 1. The standard InChI is InChI=1S/C19H28N4O4/c1-14-19-16(22-21-14)4-2-5-17(19)27-13-15(24)12-20-7-3-6-18(25)23-8-10-26-11-9-23/h2,4-5,15,20,24H,3,6-13H2,1H3,(H,21,22)/t15-/m0/s1. The fraction of sp³-hybridized carbons (Fsp3) is 0.579. The van der Waals surface area contributed by atoms with Gasteiger partial charge in [0.2, 0.25) is 5.91 Å². The molecule has 1 saturated heterocycles. The number of ether oxygens (including phenoxy) is 2. The molecule has 2 aromatic rings. The van der Waals surface area contributed by atoms with Crippen molar-refractivity contribution in [3.63, 3.8) is 0 Å². The lowest BCUT2D eigenvalue weighted by molar-refractivity contribution is -0.135. The van der Waals surface area contributed by atoms with Crippen molar-refractivity contribution in [1.82, 2.24) is 20.4 Å². The molecule has 0 radical (unpaired) electrons. The molecule has 0 bridgehead atoms. The molecule has 1 amide bonds. The molecule has 1 aliphatic rings. The fourth-order valence-electron chi connectivity index (χ4n) is 3.16. The summed E-state index contributed by atoms with van der Waals surface area (Å²) in [6, 6.07) is 5.68. The van der Waals surface area contributed by atoms with E-state index in [1.165, 1.54) is 0 Å². The lowest BCUT2D eigenvalue weighted by atomic mass is 10.2. The van der Waals surface area contributed by atoms with Crippen LogP contribution in [0.5, 0.6) is 5.75 Å². The van der Waals surface area contributed by atoms with Crippen LogP contribution in [0.3, 0.4) is 0 Å². The largest absolute Gasteiger partial charge is 0.490 e. The molecule has 148 valence electrons. The number of aromatic amines is 1. The molecule has 0 saturated carbocycles. The molecule has 27 heavy (non-hydrogen) atoms. The second-order valence-corrected chi connectivity index (χ2v) is 6.76. The Labute approximate surface area is 158 Å². The van der Waals surface area contributed by atoms with E-state index >= 15 is 0 Å². The lowest BCUT2D eigenvalue weighted by Crippen LogP contribution is -2.41. The van der Waals surface area contributed by atoms with Crippen molar-refractivity contribution < 1.29 is 19.4 Å². The first kappa shape index (κ1) is 19.6. The number of fused-ring (bicyclic) bond motifs is 1. The Bertz CT molecular complexity index is 742. The van der Waals surface area contributed by atoms with Gasteiger partial charge in [0.05, 0.1) is 24.1 Å². The van der Waals surface area contributed by atoms with E-state index in [0.717, 1.165) is 23.0 Å². The molecule has 1 fully saturated rings. The Morgan fingerprint density at radius 3 is 3.07 bits per heavy atom. The first-order valence-corrected chi connectivity index (χ1v) is 9.46. The molecular weight excluding hydrogens is 348 g/mol. The highest BCUT2D eigenvalue weighted by Crippen LogP contribution is 2.26. The number of H-pyrrole nitrogens is 1. The zero-order chi connectivity index (χ0) is 19.1. The summed E-state index contributed by atoms with van der Waals surface area (Å²) in [7, 11) is 0. The summed E-state index contributed by atoms with van der Waals surface area (Å²) in [6.07, 6.45) is 0.640. The molecule has 8 nitrogen and oxygen atoms in total. The third-order valence-electron chi connectivity index (χ3n) is 4.64. The Kier molecular flexibility index (Phi) is 7.03. The van der Waals surface area contributed by atoms with Crippen LogP contribution in [0.25, 0.3) is 10.9 Å². The van der Waals surface area contributed by atoms with Crippen molar-refractivity contribution in [1.29, 1.82) is 0 Å². The average molecular weight is 376 g/mol. The van der Waals surface area contributed by atoms with Gasteiger partial charge in [-0.1, -0.05) is 6.07 Å². The highest BCUT2D eigenvalue weighted by molar-refractivity contribution is 5.87. The minimum atomic E-state index is -0.623. The third kappa shape index (κ3) is 5.41. The Hall–Kier alpha value is -2.16. The van der Waals surface area contributed by atoms with Gasteiger partial charge < -0.3 is 24.8 Å². The van der Waals surface area contributed by atoms with E-state index in [-0.39, 0.29) is 12.5 Å². The number of aliphatic hydroxyl groups excluding tert-OH is 1. The molecule has 3 rings (SSSR count). The van der Waals surface area contributed by atoms with Crippen molar-refractivity contribution in [2.24, 2.45) is 0 Å². The van der Waals surface area contributed by atoms with Gasteiger partial charge in [0.1, 0.15) is 18.5 Å². The number of carbonyl (C=O) groups is 1. The van der Waals surface area contributed by atoms with E-state index in [1.54, 1.807) is 0 Å². The summed E-state index contributed by atoms with van der Waals surface area (Å²) in [5.41, 5.74) is 1.79. The fourth-order valence-corrected chi connectivity index (χ4v) is 3.16. The molecule has 0 spiro atoms. The maximum absolute atomic E-state index is 12.0. The number of benzene rings is 1. The van der Waals surface area contributed by atoms with Crippen molar-refractivity contribution in [2.75, 3.05) is 46.0 Å². The maximum atomic E-state index is 12.0. The quantitative estimate of drug-likeness (QED) is 0.561. The minimum absolute atomic E-state index is 0.174. The molecule has 1 atom stereocenters. The molecule has 2 heterocycles. The normalized spacial score (nSPS) is 15.9. The summed E-state index contributed by atoms with van der Waals surface area (Å²) < 4.78 is 11.0. The topological polar surface area (TPSA) is 99.7 Å². The van der Waals surface area contributed by atoms with Crippen LogP contribution in [-0.2, 0) is 9.53 Å². The number of aromatic nitrogens is 2. The van der Waals surface area contributed by atoms with Gasteiger partial charge in [-0.05, 0) is 32.0 Å². The Morgan fingerprint density at radius 1 is 1.44 bits per heavy atom.